The molecule has 1 N–H and O–H groups in total. The Labute approximate surface area is 158 Å². The van der Waals surface area contributed by atoms with Crippen molar-refractivity contribution in [1.82, 2.24) is 5.32 Å². The molecule has 0 radical (unpaired) electrons. The Morgan fingerprint density at radius 3 is 1.96 bits per heavy atom. The van der Waals surface area contributed by atoms with Crippen LogP contribution in [-0.2, 0) is 10.3 Å². The Bertz CT molecular complexity index is 573. The molecule has 0 amide bonds. The smallest absolute Gasteiger partial charge is 0.121 e. The fourth-order valence-electron chi connectivity index (χ4n) is 3.36. The van der Waals surface area contributed by atoms with Crippen LogP contribution in [0.1, 0.15) is 31.4 Å². The molecule has 2 aromatic carbocycles. The van der Waals surface area contributed by atoms with Gasteiger partial charge in [-0.05, 0) is 31.0 Å². The molecule has 1 unspecified atom stereocenters. The molecule has 25 heavy (non-hydrogen) atoms. The van der Waals surface area contributed by atoms with Crippen LogP contribution in [0.3, 0.4) is 0 Å². The largest absolute Gasteiger partial charge is 0.368 e. The Hall–Kier alpha value is -1.61. The van der Waals surface area contributed by atoms with E-state index < -0.39 is 5.60 Å². The maximum Gasteiger partial charge on any atom is 0.121 e. The number of methoxy groups -OCH3 is 1. The number of halogens is 1. The Morgan fingerprint density at radius 2 is 1.52 bits per heavy atom. The number of hydrogen-bond donors (Lipinski definition) is 1. The van der Waals surface area contributed by atoms with E-state index in [1.165, 1.54) is 11.1 Å². The topological polar surface area (TPSA) is 21.3 Å². The molecule has 1 atom stereocenters. The maximum atomic E-state index is 6.20. The normalized spacial score (nSPS) is 12.8. The summed E-state index contributed by atoms with van der Waals surface area (Å²) in [6.07, 6.45) is 5.34. The molecule has 0 heterocycles. The Balaban J connectivity index is 0.00000312. The van der Waals surface area contributed by atoms with Crippen molar-refractivity contribution < 1.29 is 4.74 Å². The summed E-state index contributed by atoms with van der Waals surface area (Å²) in [6, 6.07) is 21.1. The second-order valence-corrected chi connectivity index (χ2v) is 6.13. The van der Waals surface area contributed by atoms with Crippen molar-refractivity contribution in [3.05, 3.63) is 83.9 Å². The third kappa shape index (κ3) is 5.18. The van der Waals surface area contributed by atoms with Crippen LogP contribution < -0.4 is 5.32 Å². The highest BCUT2D eigenvalue weighted by Crippen LogP contribution is 2.39. The monoisotopic (exact) mass is 359 g/mol. The standard InChI is InChI=1S/C22H29NO.ClH/c1-4-5-12-17-23-18-19(2)22(24-3,20-13-8-6-9-14-20)21-15-10-7-11-16-21;/h4-11,13-16,19,23H,12,17-18H2,1-3H3;1H/b5-4+;. The first-order valence-electron chi connectivity index (χ1n) is 8.73. The number of benzene rings is 2. The summed E-state index contributed by atoms with van der Waals surface area (Å²) in [4.78, 5) is 0. The molecule has 136 valence electrons. The summed E-state index contributed by atoms with van der Waals surface area (Å²) < 4.78 is 6.20. The van der Waals surface area contributed by atoms with Gasteiger partial charge in [0.25, 0.3) is 0 Å². The lowest BCUT2D eigenvalue weighted by atomic mass is 9.76. The van der Waals surface area contributed by atoms with E-state index in [2.05, 4.69) is 92.0 Å². The van der Waals surface area contributed by atoms with Crippen molar-refractivity contribution in [2.75, 3.05) is 20.2 Å². The van der Waals surface area contributed by atoms with Crippen molar-refractivity contribution in [1.29, 1.82) is 0 Å². The summed E-state index contributed by atoms with van der Waals surface area (Å²) in [5, 5.41) is 3.57. The highest BCUT2D eigenvalue weighted by atomic mass is 35.5. The van der Waals surface area contributed by atoms with Gasteiger partial charge in [-0.1, -0.05) is 79.7 Å². The Morgan fingerprint density at radius 1 is 1.00 bits per heavy atom. The van der Waals surface area contributed by atoms with E-state index in [1.54, 1.807) is 0 Å². The van der Waals surface area contributed by atoms with Gasteiger partial charge in [-0.25, -0.2) is 0 Å². The van der Waals surface area contributed by atoms with Crippen LogP contribution in [-0.4, -0.2) is 20.2 Å². The van der Waals surface area contributed by atoms with E-state index in [4.69, 9.17) is 4.74 Å². The van der Waals surface area contributed by atoms with Crippen LogP contribution in [0.5, 0.6) is 0 Å². The van der Waals surface area contributed by atoms with Crippen LogP contribution in [0.15, 0.2) is 72.8 Å². The average Bonchev–Trinajstić information content (AvgIpc) is 2.64. The summed E-state index contributed by atoms with van der Waals surface area (Å²) in [7, 11) is 1.82. The van der Waals surface area contributed by atoms with Crippen LogP contribution in [0.25, 0.3) is 0 Å². The van der Waals surface area contributed by atoms with Crippen molar-refractivity contribution in [2.24, 2.45) is 5.92 Å². The lowest BCUT2D eigenvalue weighted by Gasteiger charge is -2.39. The number of rotatable bonds is 9. The average molecular weight is 360 g/mol. The lowest BCUT2D eigenvalue weighted by Crippen LogP contribution is -2.42. The molecule has 2 nitrogen and oxygen atoms in total. The first-order chi connectivity index (χ1) is 11.8. The summed E-state index contributed by atoms with van der Waals surface area (Å²) >= 11 is 0. The molecule has 0 aliphatic carbocycles. The summed E-state index contributed by atoms with van der Waals surface area (Å²) in [5.74, 6) is 0.290. The van der Waals surface area contributed by atoms with Gasteiger partial charge in [0.1, 0.15) is 5.60 Å². The maximum absolute atomic E-state index is 6.20. The molecule has 0 saturated carbocycles. The van der Waals surface area contributed by atoms with Gasteiger partial charge in [0.2, 0.25) is 0 Å². The first-order valence-corrected chi connectivity index (χ1v) is 8.73. The molecule has 2 aromatic rings. The van der Waals surface area contributed by atoms with E-state index in [0.29, 0.717) is 0 Å². The summed E-state index contributed by atoms with van der Waals surface area (Å²) in [5.41, 5.74) is 1.94. The van der Waals surface area contributed by atoms with Gasteiger partial charge in [-0.15, -0.1) is 12.4 Å². The first kappa shape index (κ1) is 21.4. The van der Waals surface area contributed by atoms with Crippen LogP contribution in [0.4, 0.5) is 0 Å². The van der Waals surface area contributed by atoms with Crippen LogP contribution >= 0.6 is 12.4 Å². The van der Waals surface area contributed by atoms with Crippen molar-refractivity contribution >= 4 is 12.4 Å². The zero-order valence-corrected chi connectivity index (χ0v) is 16.3. The second-order valence-electron chi connectivity index (χ2n) is 6.13. The highest BCUT2D eigenvalue weighted by Gasteiger charge is 2.39. The number of ether oxygens (including phenoxy) is 1. The molecule has 0 aliphatic rings. The van der Waals surface area contributed by atoms with E-state index in [1.807, 2.05) is 7.11 Å². The number of hydrogen-bond acceptors (Lipinski definition) is 2. The molecular formula is C22H30ClNO. The third-order valence-electron chi connectivity index (χ3n) is 4.60. The van der Waals surface area contributed by atoms with E-state index in [-0.39, 0.29) is 18.3 Å². The minimum Gasteiger partial charge on any atom is -0.368 e. The van der Waals surface area contributed by atoms with E-state index in [9.17, 15) is 0 Å². The van der Waals surface area contributed by atoms with E-state index in [0.717, 1.165) is 19.5 Å². The van der Waals surface area contributed by atoms with Gasteiger partial charge in [0, 0.05) is 19.6 Å². The van der Waals surface area contributed by atoms with Gasteiger partial charge in [-0.2, -0.15) is 0 Å². The van der Waals surface area contributed by atoms with Crippen LogP contribution in [0.2, 0.25) is 0 Å². The van der Waals surface area contributed by atoms with Gasteiger partial charge >= 0.3 is 0 Å². The molecule has 0 aromatic heterocycles. The minimum absolute atomic E-state index is 0. The van der Waals surface area contributed by atoms with Gasteiger partial charge < -0.3 is 10.1 Å². The molecular weight excluding hydrogens is 330 g/mol. The second kappa shape index (κ2) is 11.1. The molecule has 0 aliphatic heterocycles. The number of nitrogens with one attached hydrogen (secondary N) is 1. The van der Waals surface area contributed by atoms with Gasteiger partial charge in [-0.3, -0.25) is 0 Å². The third-order valence-corrected chi connectivity index (χ3v) is 4.60. The zero-order valence-electron chi connectivity index (χ0n) is 15.4. The summed E-state index contributed by atoms with van der Waals surface area (Å²) in [6.45, 7) is 6.20. The highest BCUT2D eigenvalue weighted by molar-refractivity contribution is 5.85. The molecule has 2 rings (SSSR count). The predicted molar refractivity (Wildman–Crippen MR) is 109 cm³/mol. The Kier molecular flexibility index (Phi) is 9.51. The minimum atomic E-state index is -0.448. The van der Waals surface area contributed by atoms with Gasteiger partial charge in [0.05, 0.1) is 0 Å². The van der Waals surface area contributed by atoms with Crippen molar-refractivity contribution in [3.8, 4) is 0 Å². The quantitative estimate of drug-likeness (QED) is 0.491. The van der Waals surface area contributed by atoms with E-state index >= 15 is 0 Å². The zero-order chi connectivity index (χ0) is 17.3. The van der Waals surface area contributed by atoms with Gasteiger partial charge in [0.15, 0.2) is 0 Å². The molecule has 0 fully saturated rings. The fraction of sp³-hybridized carbons (Fsp3) is 0.364. The molecule has 0 bridgehead atoms. The molecule has 0 spiro atoms. The SMILES string of the molecule is C/C=C/CCNCC(C)C(OC)(c1ccccc1)c1ccccc1.Cl. The fourth-order valence-corrected chi connectivity index (χ4v) is 3.36. The molecule has 0 saturated heterocycles. The van der Waals surface area contributed by atoms with Crippen LogP contribution in [0, 0.1) is 5.92 Å². The lowest BCUT2D eigenvalue weighted by molar-refractivity contribution is -0.0230. The van der Waals surface area contributed by atoms with Crippen molar-refractivity contribution in [3.63, 3.8) is 0 Å². The molecule has 3 heteroatoms. The predicted octanol–water partition coefficient (Wildman–Crippen LogP) is 5.19. The number of allylic oxidation sites excluding steroid dienone is 1. The van der Waals surface area contributed by atoms with Crippen molar-refractivity contribution in [2.45, 2.75) is 25.9 Å².